The number of hydrogen-bond acceptors (Lipinski definition) is 4. The molecular formula is C33H37NO3. The van der Waals surface area contributed by atoms with Crippen molar-refractivity contribution in [2.24, 2.45) is 23.7 Å². The molecule has 0 spiro atoms. The van der Waals surface area contributed by atoms with Gasteiger partial charge in [-0.25, -0.2) is 4.79 Å². The molecule has 0 saturated heterocycles. The largest absolute Gasteiger partial charge is 0.424 e. The van der Waals surface area contributed by atoms with Gasteiger partial charge in [0.1, 0.15) is 12.4 Å². The standard InChI is InChI=1S/C33H37NO3/c1-22-14-30(34(28-10-6-4-7-11-28)29-12-8-5-9-13-29)15-23(2)32(22)37-31(35)21-36-33(3)26-17-24-16-25(19-26)20-27(33)18-24/h4-15,24-27H,16-21H2,1-3H3. The topological polar surface area (TPSA) is 38.8 Å². The maximum absolute atomic E-state index is 13.0. The second-order valence-corrected chi connectivity index (χ2v) is 11.7. The Labute approximate surface area is 220 Å². The highest BCUT2D eigenvalue weighted by molar-refractivity contribution is 5.79. The van der Waals surface area contributed by atoms with Crippen LogP contribution in [0.25, 0.3) is 0 Å². The van der Waals surface area contributed by atoms with E-state index >= 15 is 0 Å². The van der Waals surface area contributed by atoms with Crippen molar-refractivity contribution in [3.05, 3.63) is 83.9 Å². The van der Waals surface area contributed by atoms with Crippen LogP contribution in [0.15, 0.2) is 72.8 Å². The summed E-state index contributed by atoms with van der Waals surface area (Å²) < 4.78 is 12.3. The van der Waals surface area contributed by atoms with Gasteiger partial charge in [0.2, 0.25) is 0 Å². The van der Waals surface area contributed by atoms with E-state index in [4.69, 9.17) is 9.47 Å². The number of benzene rings is 3. The van der Waals surface area contributed by atoms with Gasteiger partial charge in [-0.3, -0.25) is 0 Å². The summed E-state index contributed by atoms with van der Waals surface area (Å²) in [5.74, 6) is 3.25. The van der Waals surface area contributed by atoms with Crippen LogP contribution in [0.1, 0.15) is 50.2 Å². The number of rotatable bonds is 7. The van der Waals surface area contributed by atoms with Crippen molar-refractivity contribution in [3.63, 3.8) is 0 Å². The zero-order chi connectivity index (χ0) is 25.6. The van der Waals surface area contributed by atoms with E-state index in [1.54, 1.807) is 0 Å². The summed E-state index contributed by atoms with van der Waals surface area (Å²) in [5.41, 5.74) is 4.86. The van der Waals surface area contributed by atoms with Crippen LogP contribution in [0.5, 0.6) is 5.75 Å². The van der Waals surface area contributed by atoms with E-state index in [9.17, 15) is 4.79 Å². The summed E-state index contributed by atoms with van der Waals surface area (Å²) in [6.45, 7) is 6.28. The Morgan fingerprint density at radius 3 is 1.76 bits per heavy atom. The molecule has 0 N–H and O–H groups in total. The van der Waals surface area contributed by atoms with Crippen molar-refractivity contribution in [3.8, 4) is 5.75 Å². The minimum absolute atomic E-state index is 0.0135. The lowest BCUT2D eigenvalue weighted by Gasteiger charge is -2.59. The Morgan fingerprint density at radius 2 is 1.27 bits per heavy atom. The second-order valence-electron chi connectivity index (χ2n) is 11.7. The molecule has 3 aromatic rings. The molecule has 7 rings (SSSR count). The normalized spacial score (nSPS) is 27.8. The lowest BCUT2D eigenvalue weighted by atomic mass is 9.50. The van der Waals surface area contributed by atoms with Crippen LogP contribution >= 0.6 is 0 Å². The van der Waals surface area contributed by atoms with E-state index in [-0.39, 0.29) is 18.2 Å². The molecule has 0 aliphatic heterocycles. The van der Waals surface area contributed by atoms with Crippen molar-refractivity contribution in [1.82, 2.24) is 0 Å². The fraction of sp³-hybridized carbons (Fsp3) is 0.424. The number of nitrogens with zero attached hydrogens (tertiary/aromatic N) is 1. The Morgan fingerprint density at radius 1 is 0.784 bits per heavy atom. The molecule has 0 radical (unpaired) electrons. The first-order valence-corrected chi connectivity index (χ1v) is 13.8. The minimum Gasteiger partial charge on any atom is -0.424 e. The molecule has 4 aliphatic rings. The van der Waals surface area contributed by atoms with E-state index < -0.39 is 0 Å². The molecule has 4 saturated carbocycles. The van der Waals surface area contributed by atoms with Gasteiger partial charge in [0.05, 0.1) is 5.60 Å². The van der Waals surface area contributed by atoms with Gasteiger partial charge in [0.25, 0.3) is 0 Å². The first-order chi connectivity index (χ1) is 17.9. The molecule has 4 aliphatic carbocycles. The smallest absolute Gasteiger partial charge is 0.337 e. The highest BCUT2D eigenvalue weighted by Gasteiger charge is 2.55. The van der Waals surface area contributed by atoms with Gasteiger partial charge in [-0.1, -0.05) is 36.4 Å². The van der Waals surface area contributed by atoms with Crippen molar-refractivity contribution in [1.29, 1.82) is 0 Å². The van der Waals surface area contributed by atoms with E-state index in [2.05, 4.69) is 48.2 Å². The Balaban J connectivity index is 1.19. The van der Waals surface area contributed by atoms with Gasteiger partial charge in [0, 0.05) is 17.1 Å². The third-order valence-electron chi connectivity index (χ3n) is 9.21. The average molecular weight is 496 g/mol. The van der Waals surface area contributed by atoms with Crippen LogP contribution < -0.4 is 9.64 Å². The van der Waals surface area contributed by atoms with Crippen LogP contribution in [0.4, 0.5) is 17.1 Å². The highest BCUT2D eigenvalue weighted by atomic mass is 16.6. The number of carbonyl (C=O) groups excluding carboxylic acids is 1. The first-order valence-electron chi connectivity index (χ1n) is 13.8. The SMILES string of the molecule is Cc1cc(N(c2ccccc2)c2ccccc2)cc(C)c1OC(=O)COC1(C)C2CC3CC(C2)CC1C3. The minimum atomic E-state index is -0.308. The molecule has 37 heavy (non-hydrogen) atoms. The fourth-order valence-corrected chi connectivity index (χ4v) is 7.53. The highest BCUT2D eigenvalue weighted by Crippen LogP contribution is 2.59. The lowest BCUT2D eigenvalue weighted by molar-refractivity contribution is -0.199. The molecule has 4 bridgehead atoms. The number of esters is 1. The molecule has 4 fully saturated rings. The summed E-state index contributed by atoms with van der Waals surface area (Å²) in [7, 11) is 0. The van der Waals surface area contributed by atoms with Crippen LogP contribution in [-0.4, -0.2) is 18.2 Å². The summed E-state index contributed by atoms with van der Waals surface area (Å²) in [4.78, 5) is 15.2. The van der Waals surface area contributed by atoms with Gasteiger partial charge in [-0.05, 0) is 124 Å². The Hall–Kier alpha value is -3.11. The number of aryl methyl sites for hydroxylation is 2. The molecule has 0 amide bonds. The maximum Gasteiger partial charge on any atom is 0.337 e. The van der Waals surface area contributed by atoms with Crippen LogP contribution in [0, 0.1) is 37.5 Å². The van der Waals surface area contributed by atoms with Crippen molar-refractivity contribution < 1.29 is 14.3 Å². The molecule has 192 valence electrons. The molecule has 3 aromatic carbocycles. The molecule has 4 nitrogen and oxygen atoms in total. The van der Waals surface area contributed by atoms with Crippen LogP contribution in [0.3, 0.4) is 0 Å². The molecule has 0 heterocycles. The maximum atomic E-state index is 13.0. The monoisotopic (exact) mass is 495 g/mol. The van der Waals surface area contributed by atoms with E-state index in [1.807, 2.05) is 50.2 Å². The third-order valence-corrected chi connectivity index (χ3v) is 9.21. The van der Waals surface area contributed by atoms with E-state index in [0.717, 1.165) is 40.0 Å². The molecular weight excluding hydrogens is 458 g/mol. The predicted molar refractivity (Wildman–Crippen MR) is 148 cm³/mol. The summed E-state index contributed by atoms with van der Waals surface area (Å²) >= 11 is 0. The summed E-state index contributed by atoms with van der Waals surface area (Å²) in [6, 6.07) is 24.8. The van der Waals surface area contributed by atoms with Crippen LogP contribution in [0.2, 0.25) is 0 Å². The van der Waals surface area contributed by atoms with Gasteiger partial charge in [0.15, 0.2) is 0 Å². The molecule has 4 heteroatoms. The quantitative estimate of drug-likeness (QED) is 0.247. The number of ether oxygens (including phenoxy) is 2. The van der Waals surface area contributed by atoms with E-state index in [0.29, 0.717) is 17.6 Å². The lowest BCUT2D eigenvalue weighted by Crippen LogP contribution is -2.57. The van der Waals surface area contributed by atoms with Gasteiger partial charge < -0.3 is 14.4 Å². The van der Waals surface area contributed by atoms with Crippen molar-refractivity contribution >= 4 is 23.0 Å². The third kappa shape index (κ3) is 4.57. The zero-order valence-corrected chi connectivity index (χ0v) is 22.2. The summed E-state index contributed by atoms with van der Waals surface area (Å²) in [5, 5.41) is 0. The second kappa shape index (κ2) is 9.64. The van der Waals surface area contributed by atoms with Gasteiger partial charge in [-0.15, -0.1) is 0 Å². The number of para-hydroxylation sites is 2. The summed E-state index contributed by atoms with van der Waals surface area (Å²) in [6.07, 6.45) is 6.45. The van der Waals surface area contributed by atoms with Crippen molar-refractivity contribution in [2.45, 2.75) is 58.5 Å². The van der Waals surface area contributed by atoms with Gasteiger partial charge in [-0.2, -0.15) is 0 Å². The predicted octanol–water partition coefficient (Wildman–Crippen LogP) is 7.91. The zero-order valence-electron chi connectivity index (χ0n) is 22.2. The molecule has 0 aromatic heterocycles. The number of anilines is 3. The fourth-order valence-electron chi connectivity index (χ4n) is 7.53. The first kappa shape index (κ1) is 24.2. The van der Waals surface area contributed by atoms with Crippen LogP contribution in [-0.2, 0) is 9.53 Å². The Kier molecular flexibility index (Phi) is 6.32. The Bertz CT molecular complexity index is 1180. The number of carbonyl (C=O) groups is 1. The molecule has 0 atom stereocenters. The van der Waals surface area contributed by atoms with Gasteiger partial charge >= 0.3 is 5.97 Å². The number of hydrogen-bond donors (Lipinski definition) is 0. The molecule has 0 unspecified atom stereocenters. The van der Waals surface area contributed by atoms with E-state index in [1.165, 1.54) is 32.1 Å². The van der Waals surface area contributed by atoms with Crippen molar-refractivity contribution in [2.75, 3.05) is 11.5 Å². The average Bonchev–Trinajstić information content (AvgIpc) is 2.89.